The molecule has 0 aromatic carbocycles. The summed E-state index contributed by atoms with van der Waals surface area (Å²) in [5.74, 6) is -0.318. The van der Waals surface area contributed by atoms with Crippen LogP contribution in [0.25, 0.3) is 0 Å². The van der Waals surface area contributed by atoms with Crippen molar-refractivity contribution in [3.63, 3.8) is 0 Å². The second kappa shape index (κ2) is 8.09. The van der Waals surface area contributed by atoms with E-state index >= 15 is 0 Å². The Morgan fingerprint density at radius 2 is 2.23 bits per heavy atom. The Kier molecular flexibility index (Phi) is 6.76. The maximum absolute atomic E-state index is 12.4. The number of amides is 1. The van der Waals surface area contributed by atoms with E-state index in [-0.39, 0.29) is 17.2 Å². The van der Waals surface area contributed by atoms with Gasteiger partial charge in [-0.2, -0.15) is 0 Å². The molecule has 0 aliphatic rings. The van der Waals surface area contributed by atoms with Crippen LogP contribution in [0.2, 0.25) is 0 Å². The van der Waals surface area contributed by atoms with Crippen molar-refractivity contribution in [3.8, 4) is 0 Å². The first-order valence-electron chi connectivity index (χ1n) is 7.05. The van der Waals surface area contributed by atoms with Gasteiger partial charge in [-0.25, -0.2) is 4.98 Å². The zero-order chi connectivity index (χ0) is 16.8. The molecule has 8 heteroatoms. The quantitative estimate of drug-likeness (QED) is 0.555. The fourth-order valence-corrected chi connectivity index (χ4v) is 2.51. The molecule has 0 spiro atoms. The third-order valence-electron chi connectivity index (χ3n) is 3.02. The van der Waals surface area contributed by atoms with Crippen molar-refractivity contribution in [1.29, 1.82) is 0 Å². The molecular formula is C14H25N5O2S. The largest absolute Gasteiger partial charge is 0.398 e. The number of hydrogen-bond acceptors (Lipinski definition) is 7. The van der Waals surface area contributed by atoms with Crippen LogP contribution in [0.1, 0.15) is 32.4 Å². The molecule has 1 rings (SSSR count). The van der Waals surface area contributed by atoms with E-state index in [2.05, 4.69) is 20.4 Å². The highest BCUT2D eigenvalue weighted by molar-refractivity contribution is 7.13. The fraction of sp³-hybridized carbons (Fsp3) is 0.643. The van der Waals surface area contributed by atoms with Crippen molar-refractivity contribution in [3.05, 3.63) is 11.1 Å². The molecule has 0 bridgehead atoms. The maximum Gasteiger partial charge on any atom is 0.276 e. The van der Waals surface area contributed by atoms with Crippen LogP contribution in [0.4, 0.5) is 5.13 Å². The van der Waals surface area contributed by atoms with Crippen LogP contribution in [0.3, 0.4) is 0 Å². The molecule has 3 N–H and O–H groups in total. The monoisotopic (exact) mass is 327 g/mol. The van der Waals surface area contributed by atoms with Crippen molar-refractivity contribution in [2.24, 2.45) is 5.16 Å². The van der Waals surface area contributed by atoms with E-state index in [1.807, 2.05) is 27.9 Å². The number of rotatable bonds is 8. The van der Waals surface area contributed by atoms with E-state index in [9.17, 15) is 4.79 Å². The Morgan fingerprint density at radius 1 is 1.55 bits per heavy atom. The maximum atomic E-state index is 12.4. The first kappa shape index (κ1) is 18.4. The second-order valence-electron chi connectivity index (χ2n) is 5.94. The summed E-state index contributed by atoms with van der Waals surface area (Å²) in [6.45, 7) is 4.95. The molecule has 0 unspecified atom stereocenters. The molecule has 124 valence electrons. The first-order chi connectivity index (χ1) is 10.2. The fourth-order valence-electron chi connectivity index (χ4n) is 1.96. The number of nitrogens with two attached hydrogens (primary N) is 1. The number of aromatic nitrogens is 1. The first-order valence-corrected chi connectivity index (χ1v) is 7.93. The number of hydrogen-bond donors (Lipinski definition) is 2. The standard InChI is InChI=1S/C14H25N5O2S/c1-14(2,7-6-8-19(3)4)17-12(20)11(18-21-5)10-9-22-13(15)16-10/h9H,6-8H2,1-5H3,(H2,15,16)(H,17,20)/b18-11+. The summed E-state index contributed by atoms with van der Waals surface area (Å²) in [4.78, 5) is 23.4. The highest BCUT2D eigenvalue weighted by Crippen LogP contribution is 2.15. The summed E-state index contributed by atoms with van der Waals surface area (Å²) >= 11 is 1.26. The normalized spacial score (nSPS) is 12.5. The molecule has 0 radical (unpaired) electrons. The Balaban J connectivity index is 2.73. The highest BCUT2D eigenvalue weighted by atomic mass is 32.1. The van der Waals surface area contributed by atoms with E-state index in [0.717, 1.165) is 19.4 Å². The zero-order valence-electron chi connectivity index (χ0n) is 13.8. The topological polar surface area (TPSA) is 92.8 Å². The van der Waals surface area contributed by atoms with Crippen molar-refractivity contribution in [2.75, 3.05) is 33.5 Å². The molecule has 0 atom stereocenters. The van der Waals surface area contributed by atoms with Crippen LogP contribution >= 0.6 is 11.3 Å². The minimum atomic E-state index is -0.344. The van der Waals surface area contributed by atoms with Crippen molar-refractivity contribution in [2.45, 2.75) is 32.2 Å². The summed E-state index contributed by atoms with van der Waals surface area (Å²) in [6, 6.07) is 0. The Labute approximate surface area is 135 Å². The van der Waals surface area contributed by atoms with Crippen molar-refractivity contribution < 1.29 is 9.63 Å². The number of thiazole rings is 1. The minimum Gasteiger partial charge on any atom is -0.398 e. The van der Waals surface area contributed by atoms with Crippen LogP contribution < -0.4 is 11.1 Å². The summed E-state index contributed by atoms with van der Waals surface area (Å²) in [5.41, 5.74) is 5.82. The SMILES string of the molecule is CO/N=C(/C(=O)NC(C)(C)CCCN(C)C)c1csc(N)n1. The van der Waals surface area contributed by atoms with Gasteiger partial charge in [-0.1, -0.05) is 5.16 Å². The zero-order valence-corrected chi connectivity index (χ0v) is 14.7. The number of nitrogens with one attached hydrogen (secondary N) is 1. The molecule has 1 aromatic heterocycles. The molecule has 7 nitrogen and oxygen atoms in total. The second-order valence-corrected chi connectivity index (χ2v) is 6.83. The molecule has 0 aliphatic heterocycles. The number of oxime groups is 1. The van der Waals surface area contributed by atoms with Crippen molar-refractivity contribution in [1.82, 2.24) is 15.2 Å². The summed E-state index contributed by atoms with van der Waals surface area (Å²) in [5, 5.41) is 8.84. The number of carbonyl (C=O) groups excluding carboxylic acids is 1. The van der Waals surface area contributed by atoms with E-state index in [0.29, 0.717) is 10.8 Å². The average molecular weight is 327 g/mol. The van der Waals surface area contributed by atoms with E-state index in [1.165, 1.54) is 18.4 Å². The van der Waals surface area contributed by atoms with E-state index < -0.39 is 0 Å². The molecule has 0 saturated carbocycles. The van der Waals surface area contributed by atoms with Gasteiger partial charge in [0.25, 0.3) is 5.91 Å². The van der Waals surface area contributed by atoms with Gasteiger partial charge in [0.05, 0.1) is 0 Å². The van der Waals surface area contributed by atoms with Crippen LogP contribution in [-0.2, 0) is 9.63 Å². The average Bonchev–Trinajstić information content (AvgIpc) is 2.80. The lowest BCUT2D eigenvalue weighted by molar-refractivity contribution is -0.116. The van der Waals surface area contributed by atoms with Gasteiger partial charge in [0, 0.05) is 10.9 Å². The van der Waals surface area contributed by atoms with Gasteiger partial charge >= 0.3 is 0 Å². The Hall–Kier alpha value is -1.67. The number of anilines is 1. The van der Waals surface area contributed by atoms with Gasteiger partial charge in [-0.3, -0.25) is 4.79 Å². The molecule has 0 aliphatic carbocycles. The van der Waals surface area contributed by atoms with Crippen LogP contribution in [0, 0.1) is 0 Å². The molecule has 0 fully saturated rings. The van der Waals surface area contributed by atoms with E-state index in [4.69, 9.17) is 10.6 Å². The Bertz CT molecular complexity index is 525. The lowest BCUT2D eigenvalue weighted by Gasteiger charge is -2.27. The third-order valence-corrected chi connectivity index (χ3v) is 3.70. The highest BCUT2D eigenvalue weighted by Gasteiger charge is 2.25. The smallest absolute Gasteiger partial charge is 0.276 e. The van der Waals surface area contributed by atoms with Gasteiger partial charge < -0.3 is 20.8 Å². The summed E-state index contributed by atoms with van der Waals surface area (Å²) < 4.78 is 0. The summed E-state index contributed by atoms with van der Waals surface area (Å²) in [6.07, 6.45) is 1.84. The molecular weight excluding hydrogens is 302 g/mol. The Morgan fingerprint density at radius 3 is 2.73 bits per heavy atom. The molecule has 1 amide bonds. The van der Waals surface area contributed by atoms with Gasteiger partial charge in [-0.15, -0.1) is 11.3 Å². The predicted octanol–water partition coefficient (Wildman–Crippen LogP) is 1.31. The molecule has 0 saturated heterocycles. The van der Waals surface area contributed by atoms with Crippen molar-refractivity contribution >= 4 is 28.1 Å². The van der Waals surface area contributed by atoms with Gasteiger partial charge in [0.15, 0.2) is 10.8 Å². The number of nitrogen functional groups attached to an aromatic ring is 1. The minimum absolute atomic E-state index is 0.135. The van der Waals surface area contributed by atoms with Crippen LogP contribution in [0.15, 0.2) is 10.5 Å². The number of carbonyl (C=O) groups is 1. The number of nitrogens with zero attached hydrogens (tertiary/aromatic N) is 3. The van der Waals surface area contributed by atoms with E-state index in [1.54, 1.807) is 5.38 Å². The molecule has 1 heterocycles. The van der Waals surface area contributed by atoms with Gasteiger partial charge in [0.1, 0.15) is 12.8 Å². The van der Waals surface area contributed by atoms with Gasteiger partial charge in [0.2, 0.25) is 0 Å². The van der Waals surface area contributed by atoms with Crippen LogP contribution in [0.5, 0.6) is 0 Å². The lowest BCUT2D eigenvalue weighted by Crippen LogP contribution is -2.47. The van der Waals surface area contributed by atoms with Gasteiger partial charge in [-0.05, 0) is 47.3 Å². The molecule has 1 aromatic rings. The predicted molar refractivity (Wildman–Crippen MR) is 90.1 cm³/mol. The third kappa shape index (κ3) is 5.98. The molecule has 22 heavy (non-hydrogen) atoms. The lowest BCUT2D eigenvalue weighted by atomic mass is 9.97. The van der Waals surface area contributed by atoms with Crippen LogP contribution in [-0.4, -0.2) is 54.8 Å². The summed E-state index contributed by atoms with van der Waals surface area (Å²) in [7, 11) is 5.45.